The van der Waals surface area contributed by atoms with Crippen LogP contribution >= 0.6 is 0 Å². The molecule has 2 N–H and O–H groups in total. The minimum absolute atomic E-state index is 0.215. The molecular weight excluding hydrogens is 230 g/mol. The van der Waals surface area contributed by atoms with Crippen molar-refractivity contribution in [3.8, 4) is 0 Å². The number of sulfonamides is 1. The Hall–Kier alpha value is -0.850. The van der Waals surface area contributed by atoms with Gasteiger partial charge in [-0.05, 0) is 31.4 Å². The maximum Gasteiger partial charge on any atom is 0.214 e. The van der Waals surface area contributed by atoms with E-state index >= 15 is 0 Å². The van der Waals surface area contributed by atoms with Crippen molar-refractivity contribution in [2.75, 3.05) is 6.54 Å². The summed E-state index contributed by atoms with van der Waals surface area (Å²) in [6.45, 7) is 0.237. The van der Waals surface area contributed by atoms with Gasteiger partial charge in [0.05, 0.1) is 11.5 Å². The molecule has 1 aromatic rings. The van der Waals surface area contributed by atoms with Crippen LogP contribution in [0.4, 0.5) is 0 Å². The Morgan fingerprint density at radius 2 is 2.31 bits per heavy atom. The number of furan rings is 1. The number of aliphatic hydroxyl groups excluding tert-OH is 1. The molecule has 1 heterocycles. The highest BCUT2D eigenvalue weighted by atomic mass is 32.2. The van der Waals surface area contributed by atoms with Crippen LogP contribution in [0.15, 0.2) is 22.8 Å². The molecule has 0 spiro atoms. The Kier molecular flexibility index (Phi) is 3.32. The predicted molar refractivity (Wildman–Crippen MR) is 58.2 cm³/mol. The summed E-state index contributed by atoms with van der Waals surface area (Å²) < 4.78 is 30.4. The summed E-state index contributed by atoms with van der Waals surface area (Å²) in [7, 11) is -3.14. The zero-order valence-electron chi connectivity index (χ0n) is 8.80. The molecule has 0 amide bonds. The van der Waals surface area contributed by atoms with Gasteiger partial charge >= 0.3 is 0 Å². The third kappa shape index (κ3) is 2.84. The van der Waals surface area contributed by atoms with Gasteiger partial charge in [-0.25, -0.2) is 13.1 Å². The lowest BCUT2D eigenvalue weighted by Gasteiger charge is -2.08. The van der Waals surface area contributed by atoms with Gasteiger partial charge in [-0.2, -0.15) is 0 Å². The summed E-state index contributed by atoms with van der Waals surface area (Å²) in [5, 5.41) is 9.42. The second kappa shape index (κ2) is 4.57. The molecule has 6 heteroatoms. The van der Waals surface area contributed by atoms with Gasteiger partial charge in [0.2, 0.25) is 10.0 Å². The molecule has 1 saturated carbocycles. The summed E-state index contributed by atoms with van der Waals surface area (Å²) in [6, 6.07) is 3.35. The maximum atomic E-state index is 11.4. The molecule has 1 aliphatic rings. The molecule has 0 aromatic carbocycles. The number of aliphatic hydroxyl groups is 1. The van der Waals surface area contributed by atoms with E-state index in [4.69, 9.17) is 4.42 Å². The van der Waals surface area contributed by atoms with Gasteiger partial charge < -0.3 is 9.52 Å². The zero-order valence-corrected chi connectivity index (χ0v) is 9.61. The first-order chi connectivity index (χ1) is 7.59. The third-order valence-corrected chi connectivity index (χ3v) is 4.51. The number of nitrogens with one attached hydrogen (secondary N) is 1. The van der Waals surface area contributed by atoms with Crippen molar-refractivity contribution in [1.29, 1.82) is 0 Å². The van der Waals surface area contributed by atoms with Crippen LogP contribution < -0.4 is 4.72 Å². The average molecular weight is 245 g/mol. The average Bonchev–Trinajstić information content (AvgIpc) is 2.95. The first-order valence-corrected chi connectivity index (χ1v) is 6.84. The standard InChI is InChI=1S/C10H15NO4S/c12-9(10-2-1-7-15-10)5-6-11-16(13,14)8-3-4-8/h1-2,7-9,11-12H,3-6H2. The van der Waals surface area contributed by atoms with Crippen LogP contribution in [0, 0.1) is 0 Å². The third-order valence-electron chi connectivity index (χ3n) is 2.56. The van der Waals surface area contributed by atoms with Gasteiger partial charge in [0.15, 0.2) is 0 Å². The largest absolute Gasteiger partial charge is 0.467 e. The highest BCUT2D eigenvalue weighted by Gasteiger charge is 2.35. The normalized spacial score (nSPS) is 18.6. The van der Waals surface area contributed by atoms with Gasteiger partial charge in [0.1, 0.15) is 11.9 Å². The predicted octanol–water partition coefficient (Wildman–Crippen LogP) is 0.785. The van der Waals surface area contributed by atoms with E-state index in [1.165, 1.54) is 6.26 Å². The highest BCUT2D eigenvalue weighted by Crippen LogP contribution is 2.27. The van der Waals surface area contributed by atoms with Crippen LogP contribution in [0.3, 0.4) is 0 Å². The van der Waals surface area contributed by atoms with E-state index in [9.17, 15) is 13.5 Å². The lowest BCUT2D eigenvalue weighted by Crippen LogP contribution is -2.28. The van der Waals surface area contributed by atoms with Crippen molar-refractivity contribution in [2.24, 2.45) is 0 Å². The summed E-state index contributed by atoms with van der Waals surface area (Å²) in [5.41, 5.74) is 0. The first-order valence-electron chi connectivity index (χ1n) is 5.29. The van der Waals surface area contributed by atoms with Crippen LogP contribution in [-0.2, 0) is 10.0 Å². The van der Waals surface area contributed by atoms with Crippen molar-refractivity contribution in [2.45, 2.75) is 30.6 Å². The van der Waals surface area contributed by atoms with Gasteiger partial charge in [0, 0.05) is 6.54 Å². The van der Waals surface area contributed by atoms with Crippen LogP contribution in [-0.4, -0.2) is 25.3 Å². The van der Waals surface area contributed by atoms with Crippen molar-refractivity contribution in [1.82, 2.24) is 4.72 Å². The topological polar surface area (TPSA) is 79.5 Å². The molecule has 0 radical (unpaired) electrons. The van der Waals surface area contributed by atoms with Crippen molar-refractivity contribution in [3.05, 3.63) is 24.2 Å². The van der Waals surface area contributed by atoms with Crippen molar-refractivity contribution in [3.63, 3.8) is 0 Å². The van der Waals surface area contributed by atoms with E-state index < -0.39 is 16.1 Å². The molecule has 1 aromatic heterocycles. The molecule has 1 fully saturated rings. The molecule has 1 atom stereocenters. The number of hydrogen-bond donors (Lipinski definition) is 2. The lowest BCUT2D eigenvalue weighted by atomic mass is 10.2. The van der Waals surface area contributed by atoms with Crippen molar-refractivity contribution >= 4 is 10.0 Å². The fourth-order valence-electron chi connectivity index (χ4n) is 1.46. The Morgan fingerprint density at radius 3 is 2.88 bits per heavy atom. The molecule has 16 heavy (non-hydrogen) atoms. The summed E-state index contributed by atoms with van der Waals surface area (Å²) in [4.78, 5) is 0. The quantitative estimate of drug-likeness (QED) is 0.776. The Labute approximate surface area is 94.5 Å². The second-order valence-electron chi connectivity index (χ2n) is 3.96. The molecule has 2 rings (SSSR count). The number of rotatable bonds is 6. The monoisotopic (exact) mass is 245 g/mol. The molecule has 1 aliphatic carbocycles. The molecule has 5 nitrogen and oxygen atoms in total. The summed E-state index contributed by atoms with van der Waals surface area (Å²) in [5.74, 6) is 0.464. The van der Waals surface area contributed by atoms with E-state index in [1.807, 2.05) is 0 Å². The van der Waals surface area contributed by atoms with E-state index in [-0.39, 0.29) is 11.8 Å². The molecule has 90 valence electrons. The summed E-state index contributed by atoms with van der Waals surface area (Å²) >= 11 is 0. The highest BCUT2D eigenvalue weighted by molar-refractivity contribution is 7.90. The first kappa shape index (κ1) is 11.6. The molecule has 1 unspecified atom stereocenters. The molecule has 0 bridgehead atoms. The van der Waals surface area contributed by atoms with Gasteiger partial charge in [0.25, 0.3) is 0 Å². The minimum Gasteiger partial charge on any atom is -0.467 e. The molecular formula is C10H15NO4S. The number of hydrogen-bond acceptors (Lipinski definition) is 4. The van der Waals surface area contributed by atoms with Gasteiger partial charge in [-0.3, -0.25) is 0 Å². The Bertz CT molecular complexity index is 422. The lowest BCUT2D eigenvalue weighted by molar-refractivity contribution is 0.141. The van der Waals surface area contributed by atoms with Crippen LogP contribution in [0.2, 0.25) is 0 Å². The van der Waals surface area contributed by atoms with Crippen molar-refractivity contribution < 1.29 is 17.9 Å². The SMILES string of the molecule is O=S(=O)(NCCC(O)c1ccco1)C1CC1. The Morgan fingerprint density at radius 1 is 1.56 bits per heavy atom. The van der Waals surface area contributed by atoms with E-state index in [2.05, 4.69) is 4.72 Å². The van der Waals surface area contributed by atoms with Crippen LogP contribution in [0.25, 0.3) is 0 Å². The van der Waals surface area contributed by atoms with E-state index in [0.29, 0.717) is 12.2 Å². The zero-order chi connectivity index (χ0) is 11.6. The van der Waals surface area contributed by atoms with Crippen LogP contribution in [0.5, 0.6) is 0 Å². The Balaban J connectivity index is 1.76. The minimum atomic E-state index is -3.14. The maximum absolute atomic E-state index is 11.4. The van der Waals surface area contributed by atoms with E-state index in [1.54, 1.807) is 12.1 Å². The molecule has 0 aliphatic heterocycles. The van der Waals surface area contributed by atoms with Gasteiger partial charge in [-0.1, -0.05) is 0 Å². The van der Waals surface area contributed by atoms with E-state index in [0.717, 1.165) is 12.8 Å². The fraction of sp³-hybridized carbons (Fsp3) is 0.600. The smallest absolute Gasteiger partial charge is 0.214 e. The molecule has 0 saturated heterocycles. The second-order valence-corrected chi connectivity index (χ2v) is 6.00. The summed E-state index contributed by atoms with van der Waals surface area (Å²) in [6.07, 6.45) is 2.54. The van der Waals surface area contributed by atoms with Gasteiger partial charge in [-0.15, -0.1) is 0 Å². The fourth-order valence-corrected chi connectivity index (χ4v) is 2.85. The van der Waals surface area contributed by atoms with Crippen LogP contribution in [0.1, 0.15) is 31.1 Å².